The third kappa shape index (κ3) is 4.28. The van der Waals surface area contributed by atoms with Crippen LogP contribution in [0, 0.1) is 0 Å². The number of nitrogens with one attached hydrogen (secondary N) is 2. The Bertz CT molecular complexity index is 901. The van der Waals surface area contributed by atoms with E-state index in [0.29, 0.717) is 12.1 Å². The zero-order valence-electron chi connectivity index (χ0n) is 14.7. The van der Waals surface area contributed by atoms with E-state index in [1.807, 2.05) is 49.4 Å². The Morgan fingerprint density at radius 3 is 2.38 bits per heavy atom. The molecule has 3 aromatic rings. The van der Waals surface area contributed by atoms with E-state index >= 15 is 0 Å². The number of carbonyl (C=O) groups is 2. The molecule has 26 heavy (non-hydrogen) atoms. The quantitative estimate of drug-likeness (QED) is 0.712. The van der Waals surface area contributed by atoms with Crippen molar-refractivity contribution in [2.45, 2.75) is 19.4 Å². The minimum Gasteiger partial charge on any atom is -0.352 e. The minimum atomic E-state index is -0.166. The van der Waals surface area contributed by atoms with Gasteiger partial charge < -0.3 is 10.6 Å². The van der Waals surface area contributed by atoms with Gasteiger partial charge >= 0.3 is 0 Å². The van der Waals surface area contributed by atoms with Gasteiger partial charge in [-0.1, -0.05) is 60.7 Å². The maximum atomic E-state index is 12.2. The fourth-order valence-electron chi connectivity index (χ4n) is 3.00. The standard InChI is InChI=1S/C22H22N2O2/c1-16(19-13-7-11-17-8-5-6-12-20(17)19)24-21(25)14-15-23-22(26)18-9-3-2-4-10-18/h2-13,16H,14-15H2,1H3,(H,23,26)(H,24,25). The zero-order valence-corrected chi connectivity index (χ0v) is 14.7. The van der Waals surface area contributed by atoms with E-state index in [-0.39, 0.29) is 24.3 Å². The fraction of sp³-hybridized carbons (Fsp3) is 0.182. The SMILES string of the molecule is CC(NC(=O)CCNC(=O)c1ccccc1)c1cccc2ccccc12. The second kappa shape index (κ2) is 8.30. The van der Waals surface area contributed by atoms with Crippen molar-refractivity contribution in [1.29, 1.82) is 0 Å². The van der Waals surface area contributed by atoms with Crippen molar-refractivity contribution in [3.63, 3.8) is 0 Å². The van der Waals surface area contributed by atoms with Crippen LogP contribution < -0.4 is 10.6 Å². The molecule has 3 rings (SSSR count). The molecule has 2 N–H and O–H groups in total. The van der Waals surface area contributed by atoms with E-state index in [1.165, 1.54) is 0 Å². The van der Waals surface area contributed by atoms with Crippen molar-refractivity contribution in [3.05, 3.63) is 83.9 Å². The Morgan fingerprint density at radius 2 is 1.58 bits per heavy atom. The molecule has 0 aliphatic heterocycles. The van der Waals surface area contributed by atoms with E-state index in [9.17, 15) is 9.59 Å². The van der Waals surface area contributed by atoms with Crippen LogP contribution in [0.1, 0.15) is 35.3 Å². The molecule has 0 aliphatic carbocycles. The Kier molecular flexibility index (Phi) is 5.64. The summed E-state index contributed by atoms with van der Waals surface area (Å²) in [6.45, 7) is 2.28. The lowest BCUT2D eigenvalue weighted by atomic mass is 9.99. The molecule has 1 atom stereocenters. The van der Waals surface area contributed by atoms with Crippen molar-refractivity contribution in [3.8, 4) is 0 Å². The molecule has 2 amide bonds. The molecule has 1 unspecified atom stereocenters. The predicted molar refractivity (Wildman–Crippen MR) is 104 cm³/mol. The Labute approximate surface area is 153 Å². The van der Waals surface area contributed by atoms with Gasteiger partial charge in [0.2, 0.25) is 5.91 Å². The summed E-state index contributed by atoms with van der Waals surface area (Å²) in [5.74, 6) is -0.251. The summed E-state index contributed by atoms with van der Waals surface area (Å²) in [7, 11) is 0. The van der Waals surface area contributed by atoms with Gasteiger partial charge in [0, 0.05) is 18.5 Å². The first kappa shape index (κ1) is 17.7. The van der Waals surface area contributed by atoms with E-state index in [2.05, 4.69) is 28.8 Å². The van der Waals surface area contributed by atoms with Gasteiger partial charge in [0.1, 0.15) is 0 Å². The molecule has 0 spiro atoms. The lowest BCUT2D eigenvalue weighted by molar-refractivity contribution is -0.121. The highest BCUT2D eigenvalue weighted by Gasteiger charge is 2.12. The van der Waals surface area contributed by atoms with Crippen molar-refractivity contribution < 1.29 is 9.59 Å². The molecule has 0 saturated heterocycles. The molecule has 0 bridgehead atoms. The van der Waals surface area contributed by atoms with Crippen LogP contribution in [-0.4, -0.2) is 18.4 Å². The normalized spacial score (nSPS) is 11.7. The molecule has 0 heterocycles. The summed E-state index contributed by atoms with van der Waals surface area (Å²) in [5, 5.41) is 8.08. The van der Waals surface area contributed by atoms with Crippen LogP contribution in [0.4, 0.5) is 0 Å². The lowest BCUT2D eigenvalue weighted by Crippen LogP contribution is -2.32. The average Bonchev–Trinajstić information content (AvgIpc) is 2.68. The minimum absolute atomic E-state index is 0.0844. The summed E-state index contributed by atoms with van der Waals surface area (Å²) < 4.78 is 0. The van der Waals surface area contributed by atoms with Crippen molar-refractivity contribution in [2.75, 3.05) is 6.54 Å². The van der Waals surface area contributed by atoms with Crippen molar-refractivity contribution >= 4 is 22.6 Å². The summed E-state index contributed by atoms with van der Waals surface area (Å²) in [6.07, 6.45) is 0.244. The third-order valence-electron chi connectivity index (χ3n) is 4.34. The van der Waals surface area contributed by atoms with Gasteiger partial charge in [0.25, 0.3) is 5.91 Å². The number of carbonyl (C=O) groups excluding carboxylic acids is 2. The molecule has 3 aromatic carbocycles. The van der Waals surface area contributed by atoms with E-state index < -0.39 is 0 Å². The Morgan fingerprint density at radius 1 is 0.885 bits per heavy atom. The molecule has 0 fully saturated rings. The van der Waals surface area contributed by atoms with Gasteiger partial charge in [-0.25, -0.2) is 0 Å². The van der Waals surface area contributed by atoms with Gasteiger partial charge in [0.05, 0.1) is 6.04 Å². The summed E-state index contributed by atoms with van der Waals surface area (Å²) >= 11 is 0. The molecule has 4 heteroatoms. The van der Waals surface area contributed by atoms with Crippen molar-refractivity contribution in [1.82, 2.24) is 10.6 Å². The van der Waals surface area contributed by atoms with Crippen LogP contribution >= 0.6 is 0 Å². The summed E-state index contributed by atoms with van der Waals surface area (Å²) in [5.41, 5.74) is 1.68. The van der Waals surface area contributed by atoms with E-state index in [4.69, 9.17) is 0 Å². The van der Waals surface area contributed by atoms with Crippen LogP contribution in [0.5, 0.6) is 0 Å². The fourth-order valence-corrected chi connectivity index (χ4v) is 3.00. The third-order valence-corrected chi connectivity index (χ3v) is 4.34. The highest BCUT2D eigenvalue weighted by Crippen LogP contribution is 2.23. The van der Waals surface area contributed by atoms with Crippen LogP contribution in [0.15, 0.2) is 72.8 Å². The number of fused-ring (bicyclic) bond motifs is 1. The number of hydrogen-bond acceptors (Lipinski definition) is 2. The molecule has 4 nitrogen and oxygen atoms in total. The molecular weight excluding hydrogens is 324 g/mol. The van der Waals surface area contributed by atoms with Crippen molar-refractivity contribution in [2.24, 2.45) is 0 Å². The number of rotatable bonds is 6. The molecule has 0 aromatic heterocycles. The summed E-state index contributed by atoms with van der Waals surface area (Å²) in [4.78, 5) is 24.2. The topological polar surface area (TPSA) is 58.2 Å². The highest BCUT2D eigenvalue weighted by molar-refractivity contribution is 5.94. The molecule has 0 radical (unpaired) electrons. The first-order chi connectivity index (χ1) is 12.6. The van der Waals surface area contributed by atoms with Crippen LogP contribution in [-0.2, 0) is 4.79 Å². The van der Waals surface area contributed by atoms with Gasteiger partial charge in [-0.3, -0.25) is 9.59 Å². The van der Waals surface area contributed by atoms with E-state index in [1.54, 1.807) is 12.1 Å². The Hall–Kier alpha value is -3.14. The van der Waals surface area contributed by atoms with E-state index in [0.717, 1.165) is 16.3 Å². The number of benzene rings is 3. The monoisotopic (exact) mass is 346 g/mol. The number of hydrogen-bond donors (Lipinski definition) is 2. The van der Waals surface area contributed by atoms with Gasteiger partial charge in [-0.2, -0.15) is 0 Å². The average molecular weight is 346 g/mol. The lowest BCUT2D eigenvalue weighted by Gasteiger charge is -2.17. The number of amides is 2. The summed E-state index contributed by atoms with van der Waals surface area (Å²) in [6, 6.07) is 23.1. The molecule has 0 saturated carbocycles. The Balaban J connectivity index is 1.54. The molecule has 0 aliphatic rings. The zero-order chi connectivity index (χ0) is 18.4. The van der Waals surface area contributed by atoms with Gasteiger partial charge in [-0.05, 0) is 35.4 Å². The van der Waals surface area contributed by atoms with Gasteiger partial charge in [-0.15, -0.1) is 0 Å². The highest BCUT2D eigenvalue weighted by atomic mass is 16.2. The maximum Gasteiger partial charge on any atom is 0.251 e. The second-order valence-electron chi connectivity index (χ2n) is 6.23. The molecule has 132 valence electrons. The first-order valence-corrected chi connectivity index (χ1v) is 8.75. The first-order valence-electron chi connectivity index (χ1n) is 8.75. The van der Waals surface area contributed by atoms with Crippen LogP contribution in [0.25, 0.3) is 10.8 Å². The van der Waals surface area contributed by atoms with Crippen LogP contribution in [0.2, 0.25) is 0 Å². The largest absolute Gasteiger partial charge is 0.352 e. The second-order valence-corrected chi connectivity index (χ2v) is 6.23. The maximum absolute atomic E-state index is 12.2. The van der Waals surface area contributed by atoms with Crippen LogP contribution in [0.3, 0.4) is 0 Å². The smallest absolute Gasteiger partial charge is 0.251 e. The predicted octanol–water partition coefficient (Wildman–Crippen LogP) is 3.84. The van der Waals surface area contributed by atoms with Gasteiger partial charge in [0.15, 0.2) is 0 Å². The molecular formula is C22H22N2O2.